The van der Waals surface area contributed by atoms with Gasteiger partial charge in [0, 0.05) is 11.3 Å². The van der Waals surface area contributed by atoms with Crippen molar-refractivity contribution in [3.8, 4) is 5.75 Å². The van der Waals surface area contributed by atoms with Crippen LogP contribution in [0.15, 0.2) is 29.4 Å². The number of hydrogen-bond donors (Lipinski definition) is 3. The van der Waals surface area contributed by atoms with Crippen LogP contribution in [0.1, 0.15) is 28.5 Å². The number of H-pyrrole nitrogens is 1. The maximum Gasteiger partial charge on any atom is 0.343 e. The molecule has 0 aliphatic heterocycles. The highest BCUT2D eigenvalue weighted by Gasteiger charge is 2.18. The largest absolute Gasteiger partial charge is 0.507 e. The number of esters is 1. The molecule has 0 radical (unpaired) electrons. The second-order valence-corrected chi connectivity index (χ2v) is 4.22. The average molecular weight is 288 g/mol. The SMILES string of the molecule is CCOC(=O)c1c(NN=Cc2ccccc2O)n[nH]c1C. The molecule has 0 aliphatic rings. The molecule has 0 saturated heterocycles. The lowest BCUT2D eigenvalue weighted by Gasteiger charge is -2.03. The number of hydrazone groups is 1. The van der Waals surface area contributed by atoms with Gasteiger partial charge in [0.1, 0.15) is 11.3 Å². The van der Waals surface area contributed by atoms with Gasteiger partial charge in [0.15, 0.2) is 5.82 Å². The van der Waals surface area contributed by atoms with Gasteiger partial charge in [0.2, 0.25) is 0 Å². The van der Waals surface area contributed by atoms with Gasteiger partial charge in [-0.15, -0.1) is 0 Å². The zero-order valence-corrected chi connectivity index (χ0v) is 11.8. The van der Waals surface area contributed by atoms with Gasteiger partial charge in [-0.1, -0.05) is 12.1 Å². The van der Waals surface area contributed by atoms with E-state index in [4.69, 9.17) is 4.74 Å². The molecule has 0 fully saturated rings. The zero-order valence-electron chi connectivity index (χ0n) is 11.8. The van der Waals surface area contributed by atoms with Crippen molar-refractivity contribution in [3.05, 3.63) is 41.1 Å². The van der Waals surface area contributed by atoms with Crippen molar-refractivity contribution in [1.29, 1.82) is 0 Å². The van der Waals surface area contributed by atoms with Gasteiger partial charge in [-0.05, 0) is 26.0 Å². The van der Waals surface area contributed by atoms with Gasteiger partial charge in [-0.25, -0.2) is 4.79 Å². The number of carbonyl (C=O) groups excluding carboxylic acids is 1. The molecule has 0 unspecified atom stereocenters. The Kier molecular flexibility index (Phi) is 4.55. The molecule has 0 amide bonds. The van der Waals surface area contributed by atoms with E-state index in [2.05, 4.69) is 20.7 Å². The summed E-state index contributed by atoms with van der Waals surface area (Å²) in [4.78, 5) is 11.8. The van der Waals surface area contributed by atoms with Crippen LogP contribution < -0.4 is 5.43 Å². The summed E-state index contributed by atoms with van der Waals surface area (Å²) in [6.07, 6.45) is 1.44. The Morgan fingerprint density at radius 1 is 1.52 bits per heavy atom. The number of hydrogen-bond acceptors (Lipinski definition) is 6. The molecule has 1 aromatic carbocycles. The first-order valence-electron chi connectivity index (χ1n) is 6.42. The number of nitrogens with zero attached hydrogens (tertiary/aromatic N) is 2. The number of phenols is 1. The lowest BCUT2D eigenvalue weighted by atomic mass is 10.2. The number of anilines is 1. The zero-order chi connectivity index (χ0) is 15.2. The second kappa shape index (κ2) is 6.56. The monoisotopic (exact) mass is 288 g/mol. The molecule has 21 heavy (non-hydrogen) atoms. The first kappa shape index (κ1) is 14.6. The van der Waals surface area contributed by atoms with Gasteiger partial charge >= 0.3 is 5.97 Å². The predicted octanol–water partition coefficient (Wildman–Crippen LogP) is 2.05. The summed E-state index contributed by atoms with van der Waals surface area (Å²) in [7, 11) is 0. The Bertz CT molecular complexity index is 664. The van der Waals surface area contributed by atoms with Gasteiger partial charge in [-0.3, -0.25) is 10.5 Å². The quantitative estimate of drug-likeness (QED) is 0.444. The lowest BCUT2D eigenvalue weighted by molar-refractivity contribution is 0.0526. The number of rotatable bonds is 5. The Morgan fingerprint density at radius 3 is 3.00 bits per heavy atom. The highest BCUT2D eigenvalue weighted by atomic mass is 16.5. The normalized spacial score (nSPS) is 10.8. The molecule has 0 bridgehead atoms. The van der Waals surface area contributed by atoms with Crippen LogP contribution in [0.5, 0.6) is 5.75 Å². The number of para-hydroxylation sites is 1. The molecule has 2 aromatic rings. The number of nitrogens with one attached hydrogen (secondary N) is 2. The minimum absolute atomic E-state index is 0.117. The third-order valence-electron chi connectivity index (χ3n) is 2.74. The number of phenolic OH excluding ortho intramolecular Hbond substituents is 1. The van der Waals surface area contributed by atoms with E-state index in [0.29, 0.717) is 16.8 Å². The summed E-state index contributed by atoms with van der Waals surface area (Å²) in [5.41, 5.74) is 4.12. The van der Waals surface area contributed by atoms with Crippen LogP contribution >= 0.6 is 0 Å². The Balaban J connectivity index is 2.14. The van der Waals surface area contributed by atoms with Crippen molar-refractivity contribution in [3.63, 3.8) is 0 Å². The fraction of sp³-hybridized carbons (Fsp3) is 0.214. The summed E-state index contributed by atoms with van der Waals surface area (Å²) in [6, 6.07) is 6.77. The van der Waals surface area contributed by atoms with Crippen LogP contribution in [0.4, 0.5) is 5.82 Å². The molecule has 3 N–H and O–H groups in total. The molecule has 0 saturated carbocycles. The fourth-order valence-electron chi connectivity index (χ4n) is 1.72. The molecule has 7 heteroatoms. The van der Waals surface area contributed by atoms with E-state index < -0.39 is 5.97 Å². The number of aryl methyl sites for hydroxylation is 1. The molecular weight excluding hydrogens is 272 g/mol. The number of carbonyl (C=O) groups is 1. The molecule has 1 heterocycles. The standard InChI is InChI=1S/C14H16N4O3/c1-3-21-14(20)12-9(2)16-18-13(12)17-15-8-10-6-4-5-7-11(10)19/h4-8,19H,3H2,1-2H3,(H2,16,17,18). The van der Waals surface area contributed by atoms with Crippen molar-refractivity contribution >= 4 is 18.0 Å². The average Bonchev–Trinajstić information content (AvgIpc) is 2.82. The maximum atomic E-state index is 11.8. The highest BCUT2D eigenvalue weighted by Crippen LogP contribution is 2.18. The summed E-state index contributed by atoms with van der Waals surface area (Å²) >= 11 is 0. The van der Waals surface area contributed by atoms with E-state index in [0.717, 1.165) is 0 Å². The van der Waals surface area contributed by atoms with E-state index in [9.17, 15) is 9.90 Å². The van der Waals surface area contributed by atoms with Crippen LogP contribution in [0.2, 0.25) is 0 Å². The Labute approximate surface area is 121 Å². The van der Waals surface area contributed by atoms with Gasteiger partial charge in [0.25, 0.3) is 0 Å². The topological polar surface area (TPSA) is 99.6 Å². The van der Waals surface area contributed by atoms with Crippen LogP contribution in [0, 0.1) is 6.92 Å². The van der Waals surface area contributed by atoms with Crippen LogP contribution in [0.3, 0.4) is 0 Å². The molecular formula is C14H16N4O3. The van der Waals surface area contributed by atoms with E-state index in [-0.39, 0.29) is 18.2 Å². The van der Waals surface area contributed by atoms with Crippen LogP contribution in [-0.4, -0.2) is 34.1 Å². The molecule has 7 nitrogen and oxygen atoms in total. The first-order valence-corrected chi connectivity index (χ1v) is 6.42. The van der Waals surface area contributed by atoms with Crippen molar-refractivity contribution in [1.82, 2.24) is 10.2 Å². The van der Waals surface area contributed by atoms with Crippen molar-refractivity contribution in [2.75, 3.05) is 12.0 Å². The molecule has 110 valence electrons. The van der Waals surface area contributed by atoms with Gasteiger partial charge < -0.3 is 9.84 Å². The van der Waals surface area contributed by atoms with Crippen molar-refractivity contribution in [2.24, 2.45) is 5.10 Å². The smallest absolute Gasteiger partial charge is 0.343 e. The summed E-state index contributed by atoms with van der Waals surface area (Å²) < 4.78 is 4.96. The van der Waals surface area contributed by atoms with Crippen LogP contribution in [-0.2, 0) is 4.74 Å². The summed E-state index contributed by atoms with van der Waals surface area (Å²) in [5.74, 6) is -0.0755. The number of aromatic nitrogens is 2. The van der Waals surface area contributed by atoms with Crippen LogP contribution in [0.25, 0.3) is 0 Å². The third kappa shape index (κ3) is 3.38. The number of benzene rings is 1. The molecule has 2 rings (SSSR count). The molecule has 0 spiro atoms. The third-order valence-corrected chi connectivity index (χ3v) is 2.74. The van der Waals surface area contributed by atoms with E-state index in [1.54, 1.807) is 38.1 Å². The van der Waals surface area contributed by atoms with Gasteiger partial charge in [0.05, 0.1) is 12.8 Å². The van der Waals surface area contributed by atoms with E-state index >= 15 is 0 Å². The number of aromatic amines is 1. The van der Waals surface area contributed by atoms with E-state index in [1.807, 2.05) is 0 Å². The minimum atomic E-state index is -0.469. The first-order chi connectivity index (χ1) is 10.1. The van der Waals surface area contributed by atoms with Crippen molar-refractivity contribution < 1.29 is 14.6 Å². The van der Waals surface area contributed by atoms with Crippen molar-refractivity contribution in [2.45, 2.75) is 13.8 Å². The Hall–Kier alpha value is -2.83. The Morgan fingerprint density at radius 2 is 2.29 bits per heavy atom. The maximum absolute atomic E-state index is 11.8. The minimum Gasteiger partial charge on any atom is -0.507 e. The molecule has 0 atom stereocenters. The fourth-order valence-corrected chi connectivity index (χ4v) is 1.72. The summed E-state index contributed by atoms with van der Waals surface area (Å²) in [6.45, 7) is 3.73. The van der Waals surface area contributed by atoms with E-state index in [1.165, 1.54) is 6.21 Å². The number of ether oxygens (including phenoxy) is 1. The highest BCUT2D eigenvalue weighted by molar-refractivity contribution is 5.96. The predicted molar refractivity (Wildman–Crippen MR) is 78.6 cm³/mol. The lowest BCUT2D eigenvalue weighted by Crippen LogP contribution is -2.08. The second-order valence-electron chi connectivity index (χ2n) is 4.22. The molecule has 1 aromatic heterocycles. The van der Waals surface area contributed by atoms with Gasteiger partial charge in [-0.2, -0.15) is 10.2 Å². The summed E-state index contributed by atoms with van der Waals surface area (Å²) in [5, 5.41) is 20.2. The number of aromatic hydroxyl groups is 1. The molecule has 0 aliphatic carbocycles.